The number of carboxylic acids is 1. The van der Waals surface area contributed by atoms with Gasteiger partial charge >= 0.3 is 12.1 Å². The van der Waals surface area contributed by atoms with Crippen molar-refractivity contribution in [2.24, 2.45) is 0 Å². The van der Waals surface area contributed by atoms with Crippen LogP contribution in [0.15, 0.2) is 42.5 Å². The first kappa shape index (κ1) is 22.8. The maximum Gasteiger partial charge on any atom is 0.416 e. The molecule has 1 aliphatic carbocycles. The minimum absolute atomic E-state index is 0.0119. The third-order valence-corrected chi connectivity index (χ3v) is 7.30. The third kappa shape index (κ3) is 4.52. The van der Waals surface area contributed by atoms with Crippen LogP contribution in [-0.2, 0) is 24.1 Å². The highest BCUT2D eigenvalue weighted by Gasteiger charge is 2.36. The number of hydrogen-bond donors (Lipinski definition) is 1. The van der Waals surface area contributed by atoms with E-state index in [1.165, 1.54) is 6.07 Å². The van der Waals surface area contributed by atoms with Crippen LogP contribution in [0.1, 0.15) is 79.2 Å². The average Bonchev–Trinajstić information content (AvgIpc) is 3.45. The number of nitrogens with zero attached hydrogens (tertiary/aromatic N) is 1. The van der Waals surface area contributed by atoms with Gasteiger partial charge in [0.1, 0.15) is 12.4 Å². The van der Waals surface area contributed by atoms with Gasteiger partial charge in [0.25, 0.3) is 0 Å². The van der Waals surface area contributed by atoms with Gasteiger partial charge in [0.15, 0.2) is 0 Å². The molecule has 0 bridgehead atoms. The number of aromatic nitrogens is 1. The summed E-state index contributed by atoms with van der Waals surface area (Å²) >= 11 is 0. The van der Waals surface area contributed by atoms with Gasteiger partial charge in [0.2, 0.25) is 0 Å². The number of carboxylic acid groups (broad SMARTS) is 1. The van der Waals surface area contributed by atoms with Crippen LogP contribution in [0.4, 0.5) is 13.2 Å². The number of alkyl halides is 3. The zero-order valence-electron chi connectivity index (χ0n) is 18.9. The van der Waals surface area contributed by atoms with Crippen LogP contribution in [0.25, 0.3) is 10.9 Å². The molecule has 0 unspecified atom stereocenters. The Labute approximate surface area is 196 Å². The molecule has 1 aliphatic heterocycles. The number of fused-ring (bicyclic) bond motifs is 3. The Morgan fingerprint density at radius 2 is 1.82 bits per heavy atom. The van der Waals surface area contributed by atoms with Gasteiger partial charge in [-0.15, -0.1) is 0 Å². The lowest BCUT2D eigenvalue weighted by Gasteiger charge is -2.24. The van der Waals surface area contributed by atoms with Crippen molar-refractivity contribution in [2.75, 3.05) is 0 Å². The highest BCUT2D eigenvalue weighted by molar-refractivity contribution is 5.83. The fraction of sp³-hybridized carbons (Fsp3) is 0.444. The van der Waals surface area contributed by atoms with E-state index in [2.05, 4.69) is 4.57 Å². The second-order valence-electron chi connectivity index (χ2n) is 9.57. The zero-order chi connectivity index (χ0) is 23.9. The molecule has 1 N–H and O–H groups in total. The monoisotopic (exact) mass is 471 g/mol. The van der Waals surface area contributed by atoms with Crippen LogP contribution in [-0.4, -0.2) is 15.6 Å². The van der Waals surface area contributed by atoms with E-state index in [1.807, 2.05) is 24.3 Å². The van der Waals surface area contributed by atoms with Gasteiger partial charge in [-0.1, -0.05) is 25.0 Å². The van der Waals surface area contributed by atoms with Crippen LogP contribution < -0.4 is 4.74 Å². The SMILES string of the molecule is O=C(O)C[C@@H]1CCCn2c1cc1cc(OCc3ccc(C4CCCC4)c(C(F)(F)F)c3)ccc12. The molecular formula is C27H28F3NO3. The van der Waals surface area contributed by atoms with E-state index in [1.54, 1.807) is 12.1 Å². The van der Waals surface area contributed by atoms with E-state index in [9.17, 15) is 23.1 Å². The number of carbonyl (C=O) groups is 1. The van der Waals surface area contributed by atoms with Crippen molar-refractivity contribution < 1.29 is 27.8 Å². The summed E-state index contributed by atoms with van der Waals surface area (Å²) in [4.78, 5) is 11.2. The van der Waals surface area contributed by atoms with Crippen LogP contribution >= 0.6 is 0 Å². The number of hydrogen-bond acceptors (Lipinski definition) is 2. The standard InChI is InChI=1S/C27H28F3NO3/c28-27(29,30)23-12-17(7-9-22(23)18-4-1-2-5-18)16-34-21-8-10-24-20(13-21)14-25-19(15-26(32)33)6-3-11-31(24)25/h7-10,12-14,18-19H,1-6,11,15-16H2,(H,32,33)/t19-/m0/s1. The topological polar surface area (TPSA) is 51.5 Å². The molecule has 5 rings (SSSR count). The molecule has 1 aromatic heterocycles. The highest BCUT2D eigenvalue weighted by Crippen LogP contribution is 2.42. The van der Waals surface area contributed by atoms with Crippen molar-refractivity contribution in [3.8, 4) is 5.75 Å². The van der Waals surface area contributed by atoms with Gasteiger partial charge in [-0.3, -0.25) is 4.79 Å². The molecule has 180 valence electrons. The van der Waals surface area contributed by atoms with Crippen LogP contribution in [0, 0.1) is 0 Å². The molecule has 1 fully saturated rings. The van der Waals surface area contributed by atoms with Gasteiger partial charge in [-0.05, 0) is 73.1 Å². The Hall–Kier alpha value is -2.96. The second-order valence-corrected chi connectivity index (χ2v) is 9.57. The molecule has 0 spiro atoms. The summed E-state index contributed by atoms with van der Waals surface area (Å²) < 4.78 is 49.3. The predicted molar refractivity (Wildman–Crippen MR) is 123 cm³/mol. The zero-order valence-corrected chi connectivity index (χ0v) is 18.9. The summed E-state index contributed by atoms with van der Waals surface area (Å²) in [5.41, 5.74) is 2.41. The maximum absolute atomic E-state index is 13.8. The van der Waals surface area contributed by atoms with Gasteiger partial charge < -0.3 is 14.4 Å². The lowest BCUT2D eigenvalue weighted by molar-refractivity contribution is -0.139. The van der Waals surface area contributed by atoms with Crippen molar-refractivity contribution in [3.63, 3.8) is 0 Å². The molecule has 0 radical (unpaired) electrons. The van der Waals surface area contributed by atoms with Crippen LogP contribution in [0.2, 0.25) is 0 Å². The Morgan fingerprint density at radius 1 is 1.03 bits per heavy atom. The first-order chi connectivity index (χ1) is 16.3. The Kier molecular flexibility index (Phi) is 6.04. The van der Waals surface area contributed by atoms with Gasteiger partial charge in [0.05, 0.1) is 12.0 Å². The highest BCUT2D eigenvalue weighted by atomic mass is 19.4. The van der Waals surface area contributed by atoms with Gasteiger partial charge in [-0.2, -0.15) is 13.2 Å². The van der Waals surface area contributed by atoms with E-state index in [-0.39, 0.29) is 24.9 Å². The Bertz CT molecular complexity index is 1210. The summed E-state index contributed by atoms with van der Waals surface area (Å²) in [5, 5.41) is 10.2. The summed E-state index contributed by atoms with van der Waals surface area (Å²) in [6.07, 6.45) is 1.10. The molecular weight excluding hydrogens is 443 g/mol. The fourth-order valence-corrected chi connectivity index (χ4v) is 5.71. The lowest BCUT2D eigenvalue weighted by Crippen LogP contribution is -2.17. The third-order valence-electron chi connectivity index (χ3n) is 7.30. The molecule has 4 nitrogen and oxygen atoms in total. The first-order valence-electron chi connectivity index (χ1n) is 12.0. The Balaban J connectivity index is 1.36. The summed E-state index contributed by atoms with van der Waals surface area (Å²) in [6, 6.07) is 12.3. The van der Waals surface area contributed by atoms with E-state index in [0.717, 1.165) is 61.7 Å². The normalized spacial score (nSPS) is 18.9. The lowest BCUT2D eigenvalue weighted by atomic mass is 9.91. The van der Waals surface area contributed by atoms with Crippen molar-refractivity contribution >= 4 is 16.9 Å². The van der Waals surface area contributed by atoms with Gasteiger partial charge in [0, 0.05) is 29.1 Å². The molecule has 34 heavy (non-hydrogen) atoms. The first-order valence-corrected chi connectivity index (χ1v) is 12.0. The quantitative estimate of drug-likeness (QED) is 0.412. The Morgan fingerprint density at radius 3 is 2.56 bits per heavy atom. The number of aryl methyl sites for hydroxylation is 1. The molecule has 3 aromatic rings. The minimum atomic E-state index is -4.38. The number of rotatable bonds is 6. The smallest absolute Gasteiger partial charge is 0.416 e. The average molecular weight is 472 g/mol. The van der Waals surface area contributed by atoms with Gasteiger partial charge in [-0.25, -0.2) is 0 Å². The number of benzene rings is 2. The summed E-state index contributed by atoms with van der Waals surface area (Å²) in [6.45, 7) is 0.900. The number of aliphatic carboxylic acids is 1. The molecule has 2 aromatic carbocycles. The summed E-state index contributed by atoms with van der Waals surface area (Å²) in [7, 11) is 0. The van der Waals surface area contributed by atoms with Crippen molar-refractivity contribution in [1.82, 2.24) is 4.57 Å². The predicted octanol–water partition coefficient (Wildman–Crippen LogP) is 7.25. The van der Waals surface area contributed by atoms with Crippen LogP contribution in [0.3, 0.4) is 0 Å². The second kappa shape index (κ2) is 9.01. The maximum atomic E-state index is 13.8. The van der Waals surface area contributed by atoms with E-state index in [0.29, 0.717) is 16.9 Å². The number of halogens is 3. The molecule has 2 aliphatic rings. The number of ether oxygens (including phenoxy) is 1. The minimum Gasteiger partial charge on any atom is -0.489 e. The van der Waals surface area contributed by atoms with Crippen LogP contribution in [0.5, 0.6) is 5.75 Å². The molecule has 1 atom stereocenters. The fourth-order valence-electron chi connectivity index (χ4n) is 5.71. The molecule has 2 heterocycles. The van der Waals surface area contributed by atoms with Crippen molar-refractivity contribution in [2.45, 2.75) is 76.1 Å². The van der Waals surface area contributed by atoms with E-state index >= 15 is 0 Å². The summed E-state index contributed by atoms with van der Waals surface area (Å²) in [5.74, 6) is -0.245. The molecule has 0 amide bonds. The van der Waals surface area contributed by atoms with E-state index in [4.69, 9.17) is 4.74 Å². The van der Waals surface area contributed by atoms with Crippen molar-refractivity contribution in [1.29, 1.82) is 0 Å². The molecule has 0 saturated heterocycles. The van der Waals surface area contributed by atoms with E-state index < -0.39 is 17.7 Å². The molecule has 1 saturated carbocycles. The van der Waals surface area contributed by atoms with Crippen molar-refractivity contribution in [3.05, 3.63) is 64.8 Å². The largest absolute Gasteiger partial charge is 0.489 e. The molecule has 7 heteroatoms.